The van der Waals surface area contributed by atoms with Gasteiger partial charge in [0.1, 0.15) is 5.75 Å². The van der Waals surface area contributed by atoms with Crippen LogP contribution in [0.3, 0.4) is 0 Å². The van der Waals surface area contributed by atoms with Crippen LogP contribution in [0.4, 0.5) is 5.69 Å². The number of ketones is 1. The molecule has 1 heterocycles. The molecule has 2 rings (SSSR count). The zero-order valence-corrected chi connectivity index (χ0v) is 10.7. The molecule has 18 heavy (non-hydrogen) atoms. The highest BCUT2D eigenvalue weighted by Crippen LogP contribution is 2.35. The van der Waals surface area contributed by atoms with Crippen molar-refractivity contribution in [1.29, 1.82) is 0 Å². The van der Waals surface area contributed by atoms with E-state index < -0.39 is 11.7 Å². The molecule has 1 aromatic carbocycles. The van der Waals surface area contributed by atoms with Gasteiger partial charge in [-0.25, -0.2) is 0 Å². The van der Waals surface area contributed by atoms with E-state index in [9.17, 15) is 9.59 Å². The van der Waals surface area contributed by atoms with Crippen LogP contribution < -0.4 is 15.0 Å². The van der Waals surface area contributed by atoms with Crippen LogP contribution in [0.25, 0.3) is 0 Å². The van der Waals surface area contributed by atoms with Gasteiger partial charge in [0, 0.05) is 13.1 Å². The van der Waals surface area contributed by atoms with Gasteiger partial charge in [-0.15, -0.1) is 0 Å². The predicted molar refractivity (Wildman–Crippen MR) is 68.3 cm³/mol. The number of likely N-dealkylation sites (N-methyl/N-ethyl adjacent to an activating group) is 1. The summed E-state index contributed by atoms with van der Waals surface area (Å²) in [6.45, 7) is 3.00. The van der Waals surface area contributed by atoms with Gasteiger partial charge in [0.25, 0.3) is 11.7 Å². The zero-order valence-electron chi connectivity index (χ0n) is 10.7. The number of amides is 1. The minimum absolute atomic E-state index is 0.438. The fourth-order valence-electron chi connectivity index (χ4n) is 2.17. The van der Waals surface area contributed by atoms with E-state index in [1.807, 2.05) is 20.0 Å². The lowest BCUT2D eigenvalue weighted by molar-refractivity contribution is -0.114. The lowest BCUT2D eigenvalue weighted by Gasteiger charge is -2.18. The van der Waals surface area contributed by atoms with Crippen LogP contribution in [0, 0.1) is 6.92 Å². The molecule has 0 atom stereocenters. The second kappa shape index (κ2) is 4.78. The summed E-state index contributed by atoms with van der Waals surface area (Å²) in [6.07, 6.45) is 0. The maximum absolute atomic E-state index is 11.9. The number of benzene rings is 1. The molecule has 0 fully saturated rings. The molecule has 5 nitrogen and oxygen atoms in total. The summed E-state index contributed by atoms with van der Waals surface area (Å²) in [5.41, 5.74) is 2.02. The Morgan fingerprint density at radius 2 is 2.06 bits per heavy atom. The van der Waals surface area contributed by atoms with Crippen molar-refractivity contribution < 1.29 is 14.3 Å². The number of nitrogens with zero attached hydrogens (tertiary/aromatic N) is 1. The Morgan fingerprint density at radius 1 is 1.33 bits per heavy atom. The smallest absolute Gasteiger partial charge is 0.299 e. The molecule has 0 bridgehead atoms. The van der Waals surface area contributed by atoms with E-state index in [-0.39, 0.29) is 0 Å². The largest absolute Gasteiger partial charge is 0.497 e. The lowest BCUT2D eigenvalue weighted by Crippen LogP contribution is -2.35. The quantitative estimate of drug-likeness (QED) is 0.799. The predicted octanol–water partition coefficient (Wildman–Crippen LogP) is 0.752. The number of ether oxygens (including phenoxy) is 1. The molecule has 0 saturated heterocycles. The van der Waals surface area contributed by atoms with Gasteiger partial charge < -0.3 is 15.0 Å². The maximum Gasteiger partial charge on any atom is 0.299 e. The molecule has 1 aliphatic heterocycles. The van der Waals surface area contributed by atoms with Crippen molar-refractivity contribution in [3.05, 3.63) is 23.3 Å². The van der Waals surface area contributed by atoms with Crippen molar-refractivity contribution in [3.63, 3.8) is 0 Å². The second-order valence-electron chi connectivity index (χ2n) is 4.23. The van der Waals surface area contributed by atoms with E-state index in [0.29, 0.717) is 30.1 Å². The van der Waals surface area contributed by atoms with Crippen molar-refractivity contribution >= 4 is 17.4 Å². The fourth-order valence-corrected chi connectivity index (χ4v) is 2.17. The van der Waals surface area contributed by atoms with Crippen LogP contribution in [-0.2, 0) is 4.79 Å². The number of carbonyl (C=O) groups is 2. The molecule has 1 amide bonds. The Labute approximate surface area is 106 Å². The number of rotatable bonds is 4. The minimum Gasteiger partial charge on any atom is -0.497 e. The number of methoxy groups -OCH3 is 1. The van der Waals surface area contributed by atoms with Crippen LogP contribution in [0.1, 0.15) is 15.9 Å². The van der Waals surface area contributed by atoms with Crippen LogP contribution in [-0.4, -0.2) is 38.9 Å². The first kappa shape index (κ1) is 12.6. The third-order valence-corrected chi connectivity index (χ3v) is 3.05. The molecule has 0 saturated carbocycles. The number of hydrogen-bond acceptors (Lipinski definition) is 4. The van der Waals surface area contributed by atoms with Crippen molar-refractivity contribution in [2.24, 2.45) is 0 Å². The van der Waals surface area contributed by atoms with Crippen LogP contribution in [0.2, 0.25) is 0 Å². The number of nitrogens with one attached hydrogen (secondary N) is 1. The number of carbonyl (C=O) groups excluding carboxylic acids is 2. The Kier molecular flexibility index (Phi) is 3.34. The van der Waals surface area contributed by atoms with Crippen molar-refractivity contribution in [2.75, 3.05) is 32.1 Å². The van der Waals surface area contributed by atoms with E-state index in [1.54, 1.807) is 13.2 Å². The maximum atomic E-state index is 11.9. The number of anilines is 1. The van der Waals surface area contributed by atoms with Gasteiger partial charge in [0.2, 0.25) is 0 Å². The van der Waals surface area contributed by atoms with Gasteiger partial charge in [-0.1, -0.05) is 0 Å². The first-order valence-electron chi connectivity index (χ1n) is 5.79. The standard InChI is InChI=1S/C13H16N2O3/c1-8-6-9(18-3)7-10-11(8)15(5-4-14-2)13(17)12(10)16/h6-7,14H,4-5H2,1-3H3. The molecule has 1 N–H and O–H groups in total. The molecule has 0 spiro atoms. The van der Waals surface area contributed by atoms with E-state index >= 15 is 0 Å². The second-order valence-corrected chi connectivity index (χ2v) is 4.23. The van der Waals surface area contributed by atoms with Gasteiger partial charge in [0.15, 0.2) is 0 Å². The third kappa shape index (κ3) is 1.86. The lowest BCUT2D eigenvalue weighted by atomic mass is 10.1. The summed E-state index contributed by atoms with van der Waals surface area (Å²) < 4.78 is 5.13. The van der Waals surface area contributed by atoms with Gasteiger partial charge in [-0.3, -0.25) is 9.59 Å². The first-order chi connectivity index (χ1) is 8.60. The molecule has 0 aliphatic carbocycles. The number of aryl methyl sites for hydroxylation is 1. The normalized spacial score (nSPS) is 14.1. The summed E-state index contributed by atoms with van der Waals surface area (Å²) >= 11 is 0. The van der Waals surface area contributed by atoms with E-state index in [2.05, 4.69) is 5.32 Å². The van der Waals surface area contributed by atoms with Crippen LogP contribution in [0.5, 0.6) is 5.75 Å². The number of hydrogen-bond donors (Lipinski definition) is 1. The summed E-state index contributed by atoms with van der Waals surface area (Å²) in [7, 11) is 3.35. The Morgan fingerprint density at radius 3 is 2.67 bits per heavy atom. The van der Waals surface area contributed by atoms with Crippen LogP contribution >= 0.6 is 0 Å². The molecule has 1 aromatic rings. The first-order valence-corrected chi connectivity index (χ1v) is 5.79. The highest BCUT2D eigenvalue weighted by molar-refractivity contribution is 6.52. The van der Waals surface area contributed by atoms with Crippen LogP contribution in [0.15, 0.2) is 12.1 Å². The van der Waals surface area contributed by atoms with E-state index in [0.717, 1.165) is 5.56 Å². The zero-order chi connectivity index (χ0) is 13.3. The van der Waals surface area contributed by atoms with Crippen molar-refractivity contribution in [2.45, 2.75) is 6.92 Å². The molecule has 5 heteroatoms. The average molecular weight is 248 g/mol. The molecule has 0 aromatic heterocycles. The van der Waals surface area contributed by atoms with Gasteiger partial charge in [0.05, 0.1) is 18.4 Å². The summed E-state index contributed by atoms with van der Waals surface area (Å²) in [6, 6.07) is 3.46. The average Bonchev–Trinajstić information content (AvgIpc) is 2.61. The highest BCUT2D eigenvalue weighted by atomic mass is 16.5. The number of fused-ring (bicyclic) bond motifs is 1. The summed E-state index contributed by atoms with van der Waals surface area (Å²) in [5.74, 6) is -0.317. The molecular weight excluding hydrogens is 232 g/mol. The highest BCUT2D eigenvalue weighted by Gasteiger charge is 2.37. The van der Waals surface area contributed by atoms with Crippen molar-refractivity contribution in [3.8, 4) is 5.75 Å². The van der Waals surface area contributed by atoms with E-state index in [1.165, 1.54) is 4.90 Å². The fraction of sp³-hybridized carbons (Fsp3) is 0.385. The summed E-state index contributed by atoms with van der Waals surface area (Å²) in [5, 5.41) is 2.97. The monoisotopic (exact) mass is 248 g/mol. The molecule has 96 valence electrons. The Balaban J connectivity index is 2.48. The Hall–Kier alpha value is -1.88. The molecular formula is C13H16N2O3. The SMILES string of the molecule is CNCCN1C(=O)C(=O)c2cc(OC)cc(C)c21. The van der Waals surface area contributed by atoms with Crippen molar-refractivity contribution in [1.82, 2.24) is 5.32 Å². The molecule has 0 unspecified atom stereocenters. The number of Topliss-reactive ketones (excluding diaryl/α,β-unsaturated/α-hetero) is 1. The Bertz CT molecular complexity index is 511. The van der Waals surface area contributed by atoms with Gasteiger partial charge >= 0.3 is 0 Å². The summed E-state index contributed by atoms with van der Waals surface area (Å²) in [4.78, 5) is 25.4. The third-order valence-electron chi connectivity index (χ3n) is 3.05. The van der Waals surface area contributed by atoms with E-state index in [4.69, 9.17) is 4.74 Å². The topological polar surface area (TPSA) is 58.6 Å². The molecule has 1 aliphatic rings. The molecule has 0 radical (unpaired) electrons. The van der Waals surface area contributed by atoms with Gasteiger partial charge in [-0.2, -0.15) is 0 Å². The van der Waals surface area contributed by atoms with Gasteiger partial charge in [-0.05, 0) is 31.7 Å². The minimum atomic E-state index is -0.461.